The predicted octanol–water partition coefficient (Wildman–Crippen LogP) is 0.505. The Hall–Kier alpha value is -0.620. The lowest BCUT2D eigenvalue weighted by atomic mass is 10.1. The minimum Gasteiger partial charge on any atom is -0.353 e. The first kappa shape index (κ1) is 9.92. The van der Waals surface area contributed by atoms with Crippen LogP contribution in [0.2, 0.25) is 0 Å². The molecular formula is C8H14BrN5. The van der Waals surface area contributed by atoms with Gasteiger partial charge in [-0.3, -0.25) is 0 Å². The van der Waals surface area contributed by atoms with E-state index in [9.17, 15) is 0 Å². The van der Waals surface area contributed by atoms with E-state index in [4.69, 9.17) is 5.73 Å². The standard InChI is InChI=1S/C8H14BrN5/c1-13-8(7(9)11-12-13)14-4-2-3-6(10)5-14/h6H,2-5,10H2,1H3. The molecule has 6 heteroatoms. The highest BCUT2D eigenvalue weighted by atomic mass is 79.9. The van der Waals surface area contributed by atoms with Gasteiger partial charge in [0.25, 0.3) is 0 Å². The van der Waals surface area contributed by atoms with Crippen LogP contribution in [0.25, 0.3) is 0 Å². The zero-order chi connectivity index (χ0) is 10.1. The number of rotatable bonds is 1. The lowest BCUT2D eigenvalue weighted by molar-refractivity contribution is 0.496. The van der Waals surface area contributed by atoms with E-state index in [0.29, 0.717) is 0 Å². The lowest BCUT2D eigenvalue weighted by Crippen LogP contribution is -2.43. The molecule has 2 rings (SSSR count). The molecule has 0 spiro atoms. The average Bonchev–Trinajstić information content (AvgIpc) is 2.46. The molecule has 0 saturated carbocycles. The SMILES string of the molecule is Cn1nnc(Br)c1N1CCCC(N)C1. The van der Waals surface area contributed by atoms with Gasteiger partial charge < -0.3 is 10.6 Å². The molecule has 78 valence electrons. The van der Waals surface area contributed by atoms with Crippen molar-refractivity contribution in [3.63, 3.8) is 0 Å². The van der Waals surface area contributed by atoms with Crippen LogP contribution < -0.4 is 10.6 Å². The fraction of sp³-hybridized carbons (Fsp3) is 0.750. The summed E-state index contributed by atoms with van der Waals surface area (Å²) in [5.74, 6) is 1.03. The van der Waals surface area contributed by atoms with Crippen molar-refractivity contribution >= 4 is 21.7 Å². The summed E-state index contributed by atoms with van der Waals surface area (Å²) in [7, 11) is 1.90. The number of nitrogens with two attached hydrogens (primary N) is 1. The quantitative estimate of drug-likeness (QED) is 0.799. The minimum absolute atomic E-state index is 0.269. The molecule has 2 heterocycles. The lowest BCUT2D eigenvalue weighted by Gasteiger charge is -2.31. The predicted molar refractivity (Wildman–Crippen MR) is 58.1 cm³/mol. The van der Waals surface area contributed by atoms with Crippen molar-refractivity contribution in [2.75, 3.05) is 18.0 Å². The van der Waals surface area contributed by atoms with Crippen LogP contribution in [0.3, 0.4) is 0 Å². The molecule has 1 atom stereocenters. The summed E-state index contributed by atoms with van der Waals surface area (Å²) in [5.41, 5.74) is 5.92. The summed E-state index contributed by atoms with van der Waals surface area (Å²) in [5, 5.41) is 7.92. The Morgan fingerprint density at radius 2 is 2.36 bits per heavy atom. The topological polar surface area (TPSA) is 60.0 Å². The largest absolute Gasteiger partial charge is 0.353 e. The first-order chi connectivity index (χ1) is 6.68. The van der Waals surface area contributed by atoms with Crippen molar-refractivity contribution < 1.29 is 0 Å². The summed E-state index contributed by atoms with van der Waals surface area (Å²) >= 11 is 3.40. The minimum atomic E-state index is 0.269. The smallest absolute Gasteiger partial charge is 0.172 e. The molecule has 1 aliphatic rings. The zero-order valence-electron chi connectivity index (χ0n) is 8.15. The Balaban J connectivity index is 2.21. The fourth-order valence-electron chi connectivity index (χ4n) is 1.86. The van der Waals surface area contributed by atoms with Gasteiger partial charge >= 0.3 is 0 Å². The number of halogens is 1. The monoisotopic (exact) mass is 259 g/mol. The molecule has 1 fully saturated rings. The van der Waals surface area contributed by atoms with Gasteiger partial charge in [-0.25, -0.2) is 4.68 Å². The van der Waals surface area contributed by atoms with E-state index in [1.807, 2.05) is 7.05 Å². The molecule has 0 amide bonds. The Bertz CT molecular complexity index is 304. The van der Waals surface area contributed by atoms with Crippen LogP contribution in [0.5, 0.6) is 0 Å². The Kier molecular flexibility index (Phi) is 2.73. The summed E-state index contributed by atoms with van der Waals surface area (Å²) in [4.78, 5) is 2.23. The van der Waals surface area contributed by atoms with E-state index in [-0.39, 0.29) is 6.04 Å². The Labute approximate surface area is 91.4 Å². The number of piperidine rings is 1. The van der Waals surface area contributed by atoms with Crippen LogP contribution in [-0.4, -0.2) is 34.1 Å². The molecule has 0 aliphatic carbocycles. The van der Waals surface area contributed by atoms with Gasteiger partial charge in [0.2, 0.25) is 0 Å². The van der Waals surface area contributed by atoms with Gasteiger partial charge in [0, 0.05) is 26.2 Å². The van der Waals surface area contributed by atoms with Crippen molar-refractivity contribution in [2.24, 2.45) is 12.8 Å². The molecule has 1 aliphatic heterocycles. The summed E-state index contributed by atoms with van der Waals surface area (Å²) < 4.78 is 2.58. The molecule has 0 aromatic carbocycles. The van der Waals surface area contributed by atoms with Crippen LogP contribution in [0.4, 0.5) is 5.82 Å². The average molecular weight is 260 g/mol. The Morgan fingerprint density at radius 1 is 1.57 bits per heavy atom. The third kappa shape index (κ3) is 1.76. The van der Waals surface area contributed by atoms with Gasteiger partial charge in [0.1, 0.15) is 0 Å². The third-order valence-corrected chi connectivity index (χ3v) is 3.03. The third-order valence-electron chi connectivity index (χ3n) is 2.52. The van der Waals surface area contributed by atoms with E-state index >= 15 is 0 Å². The Morgan fingerprint density at radius 3 is 2.93 bits per heavy atom. The molecule has 1 unspecified atom stereocenters. The second kappa shape index (κ2) is 3.86. The van der Waals surface area contributed by atoms with Gasteiger partial charge in [-0.15, -0.1) is 5.10 Å². The van der Waals surface area contributed by atoms with E-state index in [0.717, 1.165) is 36.4 Å². The van der Waals surface area contributed by atoms with Crippen LogP contribution in [0.15, 0.2) is 4.60 Å². The number of aromatic nitrogens is 3. The van der Waals surface area contributed by atoms with Crippen LogP contribution in [0, 0.1) is 0 Å². The maximum Gasteiger partial charge on any atom is 0.172 e. The van der Waals surface area contributed by atoms with Gasteiger partial charge in [0.05, 0.1) is 0 Å². The number of hydrogen-bond donors (Lipinski definition) is 1. The maximum absolute atomic E-state index is 5.92. The maximum atomic E-state index is 5.92. The molecule has 14 heavy (non-hydrogen) atoms. The normalized spacial score (nSPS) is 22.8. The van der Waals surface area contributed by atoms with Crippen molar-refractivity contribution in [2.45, 2.75) is 18.9 Å². The van der Waals surface area contributed by atoms with Gasteiger partial charge in [-0.1, -0.05) is 5.21 Å². The summed E-state index contributed by atoms with van der Waals surface area (Å²) in [6.07, 6.45) is 2.25. The molecular weight excluding hydrogens is 246 g/mol. The number of hydrogen-bond acceptors (Lipinski definition) is 4. The molecule has 0 radical (unpaired) electrons. The van der Waals surface area contributed by atoms with Crippen molar-refractivity contribution in [1.29, 1.82) is 0 Å². The van der Waals surface area contributed by atoms with Crippen molar-refractivity contribution in [3.8, 4) is 0 Å². The van der Waals surface area contributed by atoms with Gasteiger partial charge in [0.15, 0.2) is 10.4 Å². The van der Waals surface area contributed by atoms with E-state index in [2.05, 4.69) is 31.1 Å². The fourth-order valence-corrected chi connectivity index (χ4v) is 2.44. The van der Waals surface area contributed by atoms with Gasteiger partial charge in [-0.2, -0.15) is 0 Å². The van der Waals surface area contributed by atoms with Crippen molar-refractivity contribution in [3.05, 3.63) is 4.60 Å². The zero-order valence-corrected chi connectivity index (χ0v) is 9.74. The first-order valence-electron chi connectivity index (χ1n) is 4.74. The highest BCUT2D eigenvalue weighted by Gasteiger charge is 2.22. The van der Waals surface area contributed by atoms with E-state index in [1.54, 1.807) is 4.68 Å². The second-order valence-corrected chi connectivity index (χ2v) is 4.43. The molecule has 2 N–H and O–H groups in total. The van der Waals surface area contributed by atoms with Gasteiger partial charge in [-0.05, 0) is 28.8 Å². The van der Waals surface area contributed by atoms with E-state index in [1.165, 1.54) is 0 Å². The van der Waals surface area contributed by atoms with Crippen LogP contribution in [0.1, 0.15) is 12.8 Å². The van der Waals surface area contributed by atoms with Crippen molar-refractivity contribution in [1.82, 2.24) is 15.0 Å². The number of anilines is 1. The van der Waals surface area contributed by atoms with Crippen LogP contribution in [-0.2, 0) is 7.05 Å². The molecule has 1 aromatic rings. The first-order valence-corrected chi connectivity index (χ1v) is 5.53. The second-order valence-electron chi connectivity index (χ2n) is 3.68. The summed E-state index contributed by atoms with van der Waals surface area (Å²) in [6, 6.07) is 0.269. The molecule has 5 nitrogen and oxygen atoms in total. The van der Waals surface area contributed by atoms with E-state index < -0.39 is 0 Å². The molecule has 1 aromatic heterocycles. The highest BCUT2D eigenvalue weighted by molar-refractivity contribution is 9.10. The molecule has 1 saturated heterocycles. The molecule has 0 bridgehead atoms. The number of nitrogens with zero attached hydrogens (tertiary/aromatic N) is 4. The van der Waals surface area contributed by atoms with Crippen LogP contribution >= 0.6 is 15.9 Å². The number of aryl methyl sites for hydroxylation is 1. The highest BCUT2D eigenvalue weighted by Crippen LogP contribution is 2.25. The summed E-state index contributed by atoms with van der Waals surface area (Å²) in [6.45, 7) is 1.92.